The number of hydrogen-bond donors (Lipinski definition) is 2. The number of nitrogens with one attached hydrogen (secondary N) is 1. The fourth-order valence-electron chi connectivity index (χ4n) is 1.82. The zero-order valence-electron chi connectivity index (χ0n) is 9.11. The number of imidazole rings is 1. The van der Waals surface area contributed by atoms with Crippen molar-refractivity contribution >= 4 is 45.2 Å². The zero-order chi connectivity index (χ0) is 12.7. The van der Waals surface area contributed by atoms with Crippen molar-refractivity contribution in [2.75, 3.05) is 0 Å². The molecule has 0 saturated heterocycles. The van der Waals surface area contributed by atoms with E-state index >= 15 is 0 Å². The Morgan fingerprint density at radius 2 is 2.06 bits per heavy atom. The SMILES string of the molecule is Oc1ccc(I)cc1-c1nc2c(Cl)cccc2[nH]1. The van der Waals surface area contributed by atoms with Crippen molar-refractivity contribution in [3.05, 3.63) is 45.0 Å². The molecule has 2 N–H and O–H groups in total. The highest BCUT2D eigenvalue weighted by Crippen LogP contribution is 2.31. The van der Waals surface area contributed by atoms with Gasteiger partial charge in [-0.1, -0.05) is 17.7 Å². The highest BCUT2D eigenvalue weighted by molar-refractivity contribution is 14.1. The van der Waals surface area contributed by atoms with E-state index in [-0.39, 0.29) is 5.75 Å². The summed E-state index contributed by atoms with van der Waals surface area (Å²) in [6, 6.07) is 10.9. The number of benzene rings is 2. The van der Waals surface area contributed by atoms with Gasteiger partial charge in [0, 0.05) is 3.57 Å². The highest BCUT2D eigenvalue weighted by Gasteiger charge is 2.11. The van der Waals surface area contributed by atoms with Crippen LogP contribution in [0.5, 0.6) is 5.75 Å². The molecule has 0 atom stereocenters. The Hall–Kier alpha value is -1.27. The number of hydrogen-bond acceptors (Lipinski definition) is 2. The molecule has 0 radical (unpaired) electrons. The third-order valence-electron chi connectivity index (χ3n) is 2.68. The number of aromatic amines is 1. The second-order valence-corrected chi connectivity index (χ2v) is 5.54. The summed E-state index contributed by atoms with van der Waals surface area (Å²) in [6.45, 7) is 0. The van der Waals surface area contributed by atoms with E-state index in [0.717, 1.165) is 9.09 Å². The lowest BCUT2D eigenvalue weighted by Crippen LogP contribution is -1.83. The Labute approximate surface area is 122 Å². The molecule has 0 unspecified atom stereocenters. The van der Waals surface area contributed by atoms with Gasteiger partial charge in [0.25, 0.3) is 0 Å². The molecule has 3 aromatic rings. The van der Waals surface area contributed by atoms with Gasteiger partial charge in [0.2, 0.25) is 0 Å². The van der Waals surface area contributed by atoms with Crippen molar-refractivity contribution in [1.29, 1.82) is 0 Å². The van der Waals surface area contributed by atoms with E-state index < -0.39 is 0 Å². The number of H-pyrrole nitrogens is 1. The van der Waals surface area contributed by atoms with Crippen molar-refractivity contribution in [3.63, 3.8) is 0 Å². The van der Waals surface area contributed by atoms with Crippen molar-refractivity contribution in [2.24, 2.45) is 0 Å². The molecule has 3 rings (SSSR count). The number of phenolic OH excluding ortho intramolecular Hbond substituents is 1. The predicted molar refractivity (Wildman–Crippen MR) is 80.9 cm³/mol. The fourth-order valence-corrected chi connectivity index (χ4v) is 2.53. The van der Waals surface area contributed by atoms with E-state index in [1.165, 1.54) is 0 Å². The van der Waals surface area contributed by atoms with Crippen LogP contribution >= 0.6 is 34.2 Å². The lowest BCUT2D eigenvalue weighted by molar-refractivity contribution is 0.477. The Kier molecular flexibility index (Phi) is 2.91. The average molecular weight is 371 g/mol. The second kappa shape index (κ2) is 4.44. The number of para-hydroxylation sites is 1. The fraction of sp³-hybridized carbons (Fsp3) is 0. The van der Waals surface area contributed by atoms with Gasteiger partial charge >= 0.3 is 0 Å². The first kappa shape index (κ1) is 11.8. The largest absolute Gasteiger partial charge is 0.507 e. The number of halogens is 2. The number of nitrogens with zero attached hydrogens (tertiary/aromatic N) is 1. The van der Waals surface area contributed by atoms with Gasteiger partial charge in [-0.2, -0.15) is 0 Å². The monoisotopic (exact) mass is 370 g/mol. The Balaban J connectivity index is 2.26. The van der Waals surface area contributed by atoms with E-state index in [0.29, 0.717) is 21.9 Å². The molecule has 0 amide bonds. The minimum Gasteiger partial charge on any atom is -0.507 e. The van der Waals surface area contributed by atoms with Crippen LogP contribution in [0.15, 0.2) is 36.4 Å². The van der Waals surface area contributed by atoms with Crippen molar-refractivity contribution in [1.82, 2.24) is 9.97 Å². The van der Waals surface area contributed by atoms with Gasteiger partial charge < -0.3 is 10.1 Å². The molecule has 90 valence electrons. The van der Waals surface area contributed by atoms with Crippen LogP contribution in [0.4, 0.5) is 0 Å². The van der Waals surface area contributed by atoms with E-state index in [1.807, 2.05) is 24.3 Å². The number of rotatable bonds is 1. The summed E-state index contributed by atoms with van der Waals surface area (Å²) < 4.78 is 1.03. The average Bonchev–Trinajstić information content (AvgIpc) is 2.77. The zero-order valence-corrected chi connectivity index (χ0v) is 12.0. The van der Waals surface area contributed by atoms with Gasteiger partial charge in [-0.15, -0.1) is 0 Å². The summed E-state index contributed by atoms with van der Waals surface area (Å²) in [7, 11) is 0. The lowest BCUT2D eigenvalue weighted by atomic mass is 10.2. The molecule has 1 aromatic heterocycles. The molecule has 0 aliphatic rings. The Morgan fingerprint density at radius 1 is 1.22 bits per heavy atom. The molecule has 3 nitrogen and oxygen atoms in total. The number of fused-ring (bicyclic) bond motifs is 1. The predicted octanol–water partition coefficient (Wildman–Crippen LogP) is 4.19. The summed E-state index contributed by atoms with van der Waals surface area (Å²) >= 11 is 8.28. The number of aromatic nitrogens is 2. The van der Waals surface area contributed by atoms with Crippen LogP contribution in [-0.2, 0) is 0 Å². The van der Waals surface area contributed by atoms with Crippen LogP contribution in [0.1, 0.15) is 0 Å². The van der Waals surface area contributed by atoms with Gasteiger partial charge in [-0.25, -0.2) is 4.98 Å². The maximum Gasteiger partial charge on any atom is 0.142 e. The van der Waals surface area contributed by atoms with Crippen LogP contribution in [0.2, 0.25) is 5.02 Å². The first-order valence-electron chi connectivity index (χ1n) is 5.28. The third-order valence-corrected chi connectivity index (χ3v) is 3.65. The molecular formula is C13H8ClIN2O. The van der Waals surface area contributed by atoms with Crippen LogP contribution in [0.3, 0.4) is 0 Å². The first-order chi connectivity index (χ1) is 8.65. The molecule has 0 bridgehead atoms. The van der Waals surface area contributed by atoms with E-state index in [4.69, 9.17) is 11.6 Å². The van der Waals surface area contributed by atoms with Crippen LogP contribution in [-0.4, -0.2) is 15.1 Å². The summed E-state index contributed by atoms with van der Waals surface area (Å²) in [5.74, 6) is 0.819. The molecule has 2 aromatic carbocycles. The molecule has 0 aliphatic heterocycles. The maximum absolute atomic E-state index is 9.89. The normalized spacial score (nSPS) is 11.0. The molecule has 0 spiro atoms. The summed E-state index contributed by atoms with van der Waals surface area (Å²) in [6.07, 6.45) is 0. The summed E-state index contributed by atoms with van der Waals surface area (Å²) in [5.41, 5.74) is 2.25. The third kappa shape index (κ3) is 1.95. The number of aromatic hydroxyl groups is 1. The van der Waals surface area contributed by atoms with Crippen LogP contribution in [0, 0.1) is 3.57 Å². The topological polar surface area (TPSA) is 48.9 Å². The molecule has 1 heterocycles. The van der Waals surface area contributed by atoms with Crippen LogP contribution < -0.4 is 0 Å². The van der Waals surface area contributed by atoms with E-state index in [1.54, 1.807) is 12.1 Å². The smallest absolute Gasteiger partial charge is 0.142 e. The first-order valence-corrected chi connectivity index (χ1v) is 6.74. The molecule has 0 saturated carbocycles. The van der Waals surface area contributed by atoms with Crippen molar-refractivity contribution in [3.8, 4) is 17.1 Å². The lowest BCUT2D eigenvalue weighted by Gasteiger charge is -2.01. The van der Waals surface area contributed by atoms with Gasteiger partial charge in [0.15, 0.2) is 0 Å². The molecule has 0 fully saturated rings. The standard InChI is InChI=1S/C13H8ClIN2O/c14-9-2-1-3-10-12(9)17-13(16-10)8-6-7(15)4-5-11(8)18/h1-6,18H,(H,16,17). The van der Waals surface area contributed by atoms with Gasteiger partial charge in [0.1, 0.15) is 17.1 Å². The molecule has 18 heavy (non-hydrogen) atoms. The van der Waals surface area contributed by atoms with Gasteiger partial charge in [0.05, 0.1) is 16.1 Å². The van der Waals surface area contributed by atoms with Crippen molar-refractivity contribution in [2.45, 2.75) is 0 Å². The van der Waals surface area contributed by atoms with E-state index in [2.05, 4.69) is 32.6 Å². The second-order valence-electron chi connectivity index (χ2n) is 3.88. The summed E-state index contributed by atoms with van der Waals surface area (Å²) in [5, 5.41) is 10.5. The van der Waals surface area contributed by atoms with E-state index in [9.17, 15) is 5.11 Å². The minimum absolute atomic E-state index is 0.200. The number of phenols is 1. The maximum atomic E-state index is 9.89. The molecule has 5 heteroatoms. The van der Waals surface area contributed by atoms with Crippen LogP contribution in [0.25, 0.3) is 22.4 Å². The highest BCUT2D eigenvalue weighted by atomic mass is 127. The Morgan fingerprint density at radius 3 is 2.83 bits per heavy atom. The Bertz CT molecular complexity index is 739. The van der Waals surface area contributed by atoms with Gasteiger partial charge in [-0.05, 0) is 52.9 Å². The van der Waals surface area contributed by atoms with Crippen molar-refractivity contribution < 1.29 is 5.11 Å². The van der Waals surface area contributed by atoms with Gasteiger partial charge in [-0.3, -0.25) is 0 Å². The molecular weight excluding hydrogens is 363 g/mol. The quantitative estimate of drug-likeness (QED) is 0.631. The summed E-state index contributed by atoms with van der Waals surface area (Å²) in [4.78, 5) is 7.60. The minimum atomic E-state index is 0.200. The molecule has 0 aliphatic carbocycles.